The van der Waals surface area contributed by atoms with Crippen LogP contribution in [0.3, 0.4) is 0 Å². The van der Waals surface area contributed by atoms with Crippen LogP contribution in [0.4, 0.5) is 0 Å². The van der Waals surface area contributed by atoms with E-state index in [-0.39, 0.29) is 41.4 Å². The molecule has 2 heterocycles. The van der Waals surface area contributed by atoms with Crippen LogP contribution in [0, 0.1) is 23.7 Å². The quantitative estimate of drug-likeness (QED) is 0.708. The van der Waals surface area contributed by atoms with E-state index in [1.807, 2.05) is 30.3 Å². The molecule has 0 bridgehead atoms. The third kappa shape index (κ3) is 6.07. The molecule has 0 aromatic heterocycles. The summed E-state index contributed by atoms with van der Waals surface area (Å²) >= 11 is 0. The summed E-state index contributed by atoms with van der Waals surface area (Å²) in [5, 5.41) is 8.97. The van der Waals surface area contributed by atoms with Crippen molar-refractivity contribution in [3.8, 4) is 0 Å². The van der Waals surface area contributed by atoms with Gasteiger partial charge in [0.15, 0.2) is 0 Å². The lowest BCUT2D eigenvalue weighted by atomic mass is 9.85. The predicted octanol–water partition coefficient (Wildman–Crippen LogP) is 2.43. The van der Waals surface area contributed by atoms with Crippen LogP contribution in [-0.2, 0) is 20.8 Å². The number of carbonyl (C=O) groups excluding carboxylic acids is 3. The Morgan fingerprint density at radius 2 is 1.70 bits per heavy atom. The maximum absolute atomic E-state index is 13.2. The lowest BCUT2D eigenvalue weighted by Gasteiger charge is -2.23. The molecule has 2 aliphatic heterocycles. The summed E-state index contributed by atoms with van der Waals surface area (Å²) in [6.45, 7) is 5.26. The Bertz CT molecular complexity index is 734. The van der Waals surface area contributed by atoms with Crippen molar-refractivity contribution in [2.75, 3.05) is 13.1 Å². The van der Waals surface area contributed by atoms with Gasteiger partial charge in [0.2, 0.25) is 17.7 Å². The minimum absolute atomic E-state index is 0.0453. The minimum Gasteiger partial charge on any atom is -0.356 e. The number of hydrogen-bond acceptors (Lipinski definition) is 3. The predicted molar refractivity (Wildman–Crippen MR) is 116 cm³/mol. The molecule has 0 radical (unpaired) electrons. The Balaban J connectivity index is 1.78. The van der Waals surface area contributed by atoms with Crippen LogP contribution in [0.15, 0.2) is 30.3 Å². The van der Waals surface area contributed by atoms with Crippen molar-refractivity contribution < 1.29 is 14.4 Å². The Morgan fingerprint density at radius 3 is 2.43 bits per heavy atom. The van der Waals surface area contributed by atoms with Crippen molar-refractivity contribution in [2.45, 2.75) is 58.4 Å². The topological polar surface area (TPSA) is 87.3 Å². The molecule has 3 rings (SSSR count). The smallest absolute Gasteiger partial charge is 0.242 e. The van der Waals surface area contributed by atoms with Gasteiger partial charge in [0.25, 0.3) is 0 Å². The lowest BCUT2D eigenvalue weighted by molar-refractivity contribution is -0.131. The average Bonchev–Trinajstić information content (AvgIpc) is 3.06. The summed E-state index contributed by atoms with van der Waals surface area (Å²) in [5.41, 5.74) is 1.13. The third-order valence-corrected chi connectivity index (χ3v) is 6.36. The Kier molecular flexibility index (Phi) is 7.88. The van der Waals surface area contributed by atoms with E-state index in [1.54, 1.807) is 0 Å². The van der Waals surface area contributed by atoms with Crippen molar-refractivity contribution >= 4 is 17.7 Å². The molecule has 2 aliphatic rings. The van der Waals surface area contributed by atoms with Crippen LogP contribution < -0.4 is 16.0 Å². The number of benzene rings is 1. The van der Waals surface area contributed by atoms with Gasteiger partial charge in [0.05, 0.1) is 0 Å². The molecule has 2 saturated heterocycles. The molecule has 1 aromatic rings. The van der Waals surface area contributed by atoms with Gasteiger partial charge in [0.1, 0.15) is 6.04 Å². The maximum atomic E-state index is 13.2. The molecule has 6 heteroatoms. The first kappa shape index (κ1) is 22.3. The normalized spacial score (nSPS) is 28.4. The van der Waals surface area contributed by atoms with E-state index >= 15 is 0 Å². The van der Waals surface area contributed by atoms with Crippen LogP contribution in [0.25, 0.3) is 0 Å². The Labute approximate surface area is 179 Å². The van der Waals surface area contributed by atoms with Crippen molar-refractivity contribution in [1.82, 2.24) is 16.0 Å². The maximum Gasteiger partial charge on any atom is 0.242 e. The highest BCUT2D eigenvalue weighted by molar-refractivity contribution is 5.88. The minimum atomic E-state index is -0.537. The highest BCUT2D eigenvalue weighted by atomic mass is 16.2. The van der Waals surface area contributed by atoms with Crippen molar-refractivity contribution in [2.24, 2.45) is 23.7 Å². The number of amides is 3. The molecule has 0 aliphatic carbocycles. The first-order valence-corrected chi connectivity index (χ1v) is 11.3. The molecule has 0 spiro atoms. The number of fused-ring (bicyclic) bond motifs is 1. The van der Waals surface area contributed by atoms with Gasteiger partial charge in [-0.05, 0) is 49.5 Å². The van der Waals surface area contributed by atoms with E-state index in [2.05, 4.69) is 29.8 Å². The summed E-state index contributed by atoms with van der Waals surface area (Å²) in [6, 6.07) is 9.50. The molecule has 3 amide bonds. The second-order valence-electron chi connectivity index (χ2n) is 9.20. The van der Waals surface area contributed by atoms with Gasteiger partial charge in [-0.2, -0.15) is 0 Å². The first-order chi connectivity index (χ1) is 14.4. The van der Waals surface area contributed by atoms with Gasteiger partial charge in [-0.15, -0.1) is 0 Å². The summed E-state index contributed by atoms with van der Waals surface area (Å²) in [4.78, 5) is 38.2. The zero-order valence-electron chi connectivity index (χ0n) is 18.2. The number of rotatable bonds is 4. The Morgan fingerprint density at radius 1 is 0.933 bits per heavy atom. The fraction of sp³-hybridized carbons (Fsp3) is 0.625. The molecule has 164 valence electrons. The molecule has 4 atom stereocenters. The highest BCUT2D eigenvalue weighted by Gasteiger charge is 2.35. The molecule has 6 nitrogen and oxygen atoms in total. The first-order valence-electron chi connectivity index (χ1n) is 11.3. The molecule has 4 unspecified atom stereocenters. The van der Waals surface area contributed by atoms with Gasteiger partial charge in [-0.25, -0.2) is 0 Å². The van der Waals surface area contributed by atoms with Crippen LogP contribution in [-0.4, -0.2) is 36.9 Å². The molecular formula is C24H35N3O3. The molecule has 2 fully saturated rings. The van der Waals surface area contributed by atoms with Gasteiger partial charge in [-0.3, -0.25) is 14.4 Å². The summed E-state index contributed by atoms with van der Waals surface area (Å²) in [6.07, 6.45) is 4.49. The molecular weight excluding hydrogens is 378 g/mol. The standard InChI is InChI=1S/C24H35N3O3/c1-16(2)13-21-24(30)25-12-11-20-19(15-26-23(20)29)10-6-9-18(22(28)27-21)14-17-7-4-3-5-8-17/h3-5,7-8,16,18-21H,6,9-15H2,1-2H3,(H,25,30)(H,26,29)(H,27,28). The van der Waals surface area contributed by atoms with E-state index in [0.29, 0.717) is 32.4 Å². The van der Waals surface area contributed by atoms with E-state index in [9.17, 15) is 14.4 Å². The van der Waals surface area contributed by atoms with Gasteiger partial charge >= 0.3 is 0 Å². The van der Waals surface area contributed by atoms with Crippen molar-refractivity contribution in [3.05, 3.63) is 35.9 Å². The average molecular weight is 414 g/mol. The van der Waals surface area contributed by atoms with Gasteiger partial charge < -0.3 is 16.0 Å². The molecule has 3 N–H and O–H groups in total. The highest BCUT2D eigenvalue weighted by Crippen LogP contribution is 2.28. The largest absolute Gasteiger partial charge is 0.356 e. The third-order valence-electron chi connectivity index (χ3n) is 6.36. The van der Waals surface area contributed by atoms with Crippen LogP contribution in [0.2, 0.25) is 0 Å². The second-order valence-corrected chi connectivity index (χ2v) is 9.20. The number of hydrogen-bond donors (Lipinski definition) is 3. The lowest BCUT2D eigenvalue weighted by Crippen LogP contribution is -2.49. The fourth-order valence-electron chi connectivity index (χ4n) is 4.71. The summed E-state index contributed by atoms with van der Waals surface area (Å²) < 4.78 is 0. The monoisotopic (exact) mass is 413 g/mol. The van der Waals surface area contributed by atoms with Crippen LogP contribution in [0.5, 0.6) is 0 Å². The molecule has 1 aromatic carbocycles. The fourth-order valence-corrected chi connectivity index (χ4v) is 4.71. The van der Waals surface area contributed by atoms with Gasteiger partial charge in [-0.1, -0.05) is 50.6 Å². The summed E-state index contributed by atoms with van der Waals surface area (Å²) in [5.74, 6) is 0.236. The Hall–Kier alpha value is -2.37. The summed E-state index contributed by atoms with van der Waals surface area (Å²) in [7, 11) is 0. The van der Waals surface area contributed by atoms with E-state index < -0.39 is 6.04 Å². The number of carbonyl (C=O) groups is 3. The number of nitrogens with one attached hydrogen (secondary N) is 3. The van der Waals surface area contributed by atoms with Crippen molar-refractivity contribution in [1.29, 1.82) is 0 Å². The van der Waals surface area contributed by atoms with E-state index in [4.69, 9.17) is 0 Å². The SMILES string of the molecule is CC(C)CC1NC(=O)C(Cc2ccccc2)CCCC2CNC(=O)C2CCNC1=O. The molecule has 0 saturated carbocycles. The van der Waals surface area contributed by atoms with Crippen LogP contribution >= 0.6 is 0 Å². The van der Waals surface area contributed by atoms with Gasteiger partial charge in [0, 0.05) is 24.9 Å². The molecule has 30 heavy (non-hydrogen) atoms. The van der Waals surface area contributed by atoms with E-state index in [1.165, 1.54) is 0 Å². The van der Waals surface area contributed by atoms with Crippen LogP contribution in [0.1, 0.15) is 51.5 Å². The van der Waals surface area contributed by atoms with E-state index in [0.717, 1.165) is 24.8 Å². The zero-order valence-corrected chi connectivity index (χ0v) is 18.2. The van der Waals surface area contributed by atoms with Crippen molar-refractivity contribution in [3.63, 3.8) is 0 Å². The second kappa shape index (κ2) is 10.6. The zero-order chi connectivity index (χ0) is 21.5.